The van der Waals surface area contributed by atoms with Gasteiger partial charge in [-0.05, 0) is 23.1 Å². The Balaban J connectivity index is 1.62. The van der Waals surface area contributed by atoms with E-state index in [2.05, 4.69) is 27.4 Å². The van der Waals surface area contributed by atoms with Crippen molar-refractivity contribution in [2.45, 2.75) is 12.5 Å². The minimum absolute atomic E-state index is 0.257. The van der Waals surface area contributed by atoms with Crippen LogP contribution in [0.3, 0.4) is 0 Å². The first kappa shape index (κ1) is 15.0. The second-order valence-electron chi connectivity index (χ2n) is 5.30. The zero-order chi connectivity index (χ0) is 16.1. The number of benzene rings is 2. The predicted octanol–water partition coefficient (Wildman–Crippen LogP) is 2.59. The molecule has 1 heterocycles. The Morgan fingerprint density at radius 2 is 1.78 bits per heavy atom. The number of carbonyl (C=O) groups is 1. The zero-order valence-electron chi connectivity index (χ0n) is 12.6. The van der Waals surface area contributed by atoms with Crippen LogP contribution in [0, 0.1) is 0 Å². The van der Waals surface area contributed by atoms with Crippen molar-refractivity contribution >= 4 is 11.9 Å². The number of nitrogens with two attached hydrogens (primary N) is 1. The molecule has 3 aromatic rings. The van der Waals surface area contributed by atoms with E-state index in [1.807, 2.05) is 42.5 Å². The number of imidazole rings is 1. The lowest BCUT2D eigenvalue weighted by atomic mass is 10.0. The fourth-order valence-electron chi connectivity index (χ4n) is 2.35. The molecule has 5 heteroatoms. The molecule has 0 aliphatic carbocycles. The fourth-order valence-corrected chi connectivity index (χ4v) is 2.35. The van der Waals surface area contributed by atoms with Crippen LogP contribution in [-0.4, -0.2) is 21.9 Å². The summed E-state index contributed by atoms with van der Waals surface area (Å²) in [6.07, 6.45) is 3.69. The Labute approximate surface area is 134 Å². The summed E-state index contributed by atoms with van der Waals surface area (Å²) in [5, 5.41) is 2.65. The van der Waals surface area contributed by atoms with Crippen LogP contribution in [0.25, 0.3) is 11.1 Å². The summed E-state index contributed by atoms with van der Waals surface area (Å²) in [5.74, 6) is 0.150. The van der Waals surface area contributed by atoms with Gasteiger partial charge in [-0.3, -0.25) is 10.1 Å². The van der Waals surface area contributed by atoms with Crippen molar-refractivity contribution in [3.63, 3.8) is 0 Å². The van der Waals surface area contributed by atoms with Gasteiger partial charge in [0, 0.05) is 12.4 Å². The van der Waals surface area contributed by atoms with Gasteiger partial charge in [0.2, 0.25) is 11.9 Å². The summed E-state index contributed by atoms with van der Waals surface area (Å²) in [6.45, 7) is 0. The first-order chi connectivity index (χ1) is 11.2. The molecule has 23 heavy (non-hydrogen) atoms. The van der Waals surface area contributed by atoms with Crippen LogP contribution >= 0.6 is 0 Å². The third-order valence-electron chi connectivity index (χ3n) is 3.59. The first-order valence-corrected chi connectivity index (χ1v) is 7.42. The molecular weight excluding hydrogens is 288 g/mol. The van der Waals surface area contributed by atoms with E-state index in [1.165, 1.54) is 5.56 Å². The molecule has 0 saturated carbocycles. The van der Waals surface area contributed by atoms with Crippen molar-refractivity contribution in [2.75, 3.05) is 5.32 Å². The summed E-state index contributed by atoms with van der Waals surface area (Å²) < 4.78 is 0. The first-order valence-electron chi connectivity index (χ1n) is 7.42. The predicted molar refractivity (Wildman–Crippen MR) is 90.8 cm³/mol. The van der Waals surface area contributed by atoms with Crippen molar-refractivity contribution in [3.8, 4) is 11.1 Å². The topological polar surface area (TPSA) is 83.8 Å². The summed E-state index contributed by atoms with van der Waals surface area (Å²) in [5.41, 5.74) is 9.29. The van der Waals surface area contributed by atoms with Gasteiger partial charge in [-0.1, -0.05) is 54.6 Å². The van der Waals surface area contributed by atoms with Gasteiger partial charge in [-0.2, -0.15) is 0 Å². The Bertz CT molecular complexity index is 751. The highest BCUT2D eigenvalue weighted by molar-refractivity contribution is 5.93. The van der Waals surface area contributed by atoms with Gasteiger partial charge < -0.3 is 10.7 Å². The number of hydrogen-bond acceptors (Lipinski definition) is 3. The highest BCUT2D eigenvalue weighted by atomic mass is 16.2. The average molecular weight is 306 g/mol. The molecule has 0 saturated heterocycles. The highest BCUT2D eigenvalue weighted by Gasteiger charge is 2.15. The van der Waals surface area contributed by atoms with E-state index in [4.69, 9.17) is 5.73 Å². The lowest BCUT2D eigenvalue weighted by molar-refractivity contribution is -0.117. The smallest absolute Gasteiger partial charge is 0.243 e. The molecule has 116 valence electrons. The van der Waals surface area contributed by atoms with Gasteiger partial charge in [-0.15, -0.1) is 0 Å². The number of carbonyl (C=O) groups excluding carboxylic acids is 1. The van der Waals surface area contributed by atoms with Gasteiger partial charge in [-0.25, -0.2) is 4.98 Å². The lowest BCUT2D eigenvalue weighted by Gasteiger charge is -2.11. The Hall–Kier alpha value is -2.92. The fraction of sp³-hybridized carbons (Fsp3) is 0.111. The van der Waals surface area contributed by atoms with Crippen molar-refractivity contribution in [1.29, 1.82) is 0 Å². The van der Waals surface area contributed by atoms with E-state index in [-0.39, 0.29) is 5.91 Å². The maximum atomic E-state index is 12.0. The molecule has 1 amide bonds. The molecule has 1 aromatic heterocycles. The quantitative estimate of drug-likeness (QED) is 0.677. The molecule has 1 unspecified atom stereocenters. The minimum atomic E-state index is -0.623. The van der Waals surface area contributed by atoms with Crippen LogP contribution in [0.15, 0.2) is 67.0 Å². The van der Waals surface area contributed by atoms with Crippen LogP contribution in [-0.2, 0) is 11.2 Å². The number of hydrogen-bond donors (Lipinski definition) is 3. The number of aromatic amines is 1. The molecule has 0 fully saturated rings. The van der Waals surface area contributed by atoms with E-state index in [0.29, 0.717) is 12.4 Å². The van der Waals surface area contributed by atoms with Crippen LogP contribution in [0.1, 0.15) is 5.56 Å². The molecule has 2 aromatic carbocycles. The summed E-state index contributed by atoms with van der Waals surface area (Å²) >= 11 is 0. The lowest BCUT2D eigenvalue weighted by Crippen LogP contribution is -2.37. The van der Waals surface area contributed by atoms with Gasteiger partial charge in [0.15, 0.2) is 0 Å². The third-order valence-corrected chi connectivity index (χ3v) is 3.59. The van der Waals surface area contributed by atoms with Crippen molar-refractivity contribution in [2.24, 2.45) is 5.73 Å². The summed E-state index contributed by atoms with van der Waals surface area (Å²) in [4.78, 5) is 18.8. The van der Waals surface area contributed by atoms with E-state index in [1.54, 1.807) is 12.4 Å². The van der Waals surface area contributed by atoms with Crippen LogP contribution in [0.2, 0.25) is 0 Å². The monoisotopic (exact) mass is 306 g/mol. The molecule has 0 aliphatic rings. The number of nitrogens with zero attached hydrogens (tertiary/aromatic N) is 1. The second-order valence-corrected chi connectivity index (χ2v) is 5.30. The van der Waals surface area contributed by atoms with Crippen molar-refractivity contribution in [1.82, 2.24) is 9.97 Å². The molecule has 0 radical (unpaired) electrons. The maximum Gasteiger partial charge on any atom is 0.243 e. The van der Waals surface area contributed by atoms with Gasteiger partial charge in [0.1, 0.15) is 0 Å². The summed E-state index contributed by atoms with van der Waals surface area (Å²) in [7, 11) is 0. The zero-order valence-corrected chi connectivity index (χ0v) is 12.6. The second kappa shape index (κ2) is 6.89. The van der Waals surface area contributed by atoms with Crippen LogP contribution in [0.5, 0.6) is 0 Å². The molecule has 5 nitrogen and oxygen atoms in total. The number of aromatic nitrogens is 2. The molecule has 0 spiro atoms. The van der Waals surface area contributed by atoms with Gasteiger partial charge in [0.25, 0.3) is 0 Å². The standard InChI is InChI=1S/C18H18N4O/c19-16(17(23)22-18-20-10-11-21-18)12-13-6-8-15(9-7-13)14-4-2-1-3-5-14/h1-11,16H,12,19H2,(H2,20,21,22,23). The molecule has 0 bridgehead atoms. The Morgan fingerprint density at radius 1 is 1.09 bits per heavy atom. The van der Waals surface area contributed by atoms with Crippen molar-refractivity contribution in [3.05, 3.63) is 72.6 Å². The highest BCUT2D eigenvalue weighted by Crippen LogP contribution is 2.19. The molecule has 1 atom stereocenters. The number of amides is 1. The number of rotatable bonds is 5. The van der Waals surface area contributed by atoms with Gasteiger partial charge in [0.05, 0.1) is 6.04 Å². The maximum absolute atomic E-state index is 12.0. The Morgan fingerprint density at radius 3 is 2.43 bits per heavy atom. The molecule has 0 aliphatic heterocycles. The molecule has 3 rings (SSSR count). The number of H-pyrrole nitrogens is 1. The number of anilines is 1. The Kier molecular flexibility index (Phi) is 4.49. The van der Waals surface area contributed by atoms with E-state index >= 15 is 0 Å². The summed E-state index contributed by atoms with van der Waals surface area (Å²) in [6, 6.07) is 17.6. The van der Waals surface area contributed by atoms with Crippen LogP contribution in [0.4, 0.5) is 5.95 Å². The molecule has 4 N–H and O–H groups in total. The largest absolute Gasteiger partial charge is 0.331 e. The SMILES string of the molecule is NC(Cc1ccc(-c2ccccc2)cc1)C(=O)Nc1ncc[nH]1. The van der Waals surface area contributed by atoms with Crippen molar-refractivity contribution < 1.29 is 4.79 Å². The van der Waals surface area contributed by atoms with E-state index < -0.39 is 6.04 Å². The van der Waals surface area contributed by atoms with E-state index in [9.17, 15) is 4.79 Å². The molecular formula is C18H18N4O. The van der Waals surface area contributed by atoms with Crippen LogP contribution < -0.4 is 11.1 Å². The minimum Gasteiger partial charge on any atom is -0.331 e. The van der Waals surface area contributed by atoms with Gasteiger partial charge >= 0.3 is 0 Å². The number of nitrogens with one attached hydrogen (secondary N) is 2. The van der Waals surface area contributed by atoms with E-state index in [0.717, 1.165) is 11.1 Å². The average Bonchev–Trinajstić information content (AvgIpc) is 3.09. The third kappa shape index (κ3) is 3.84. The normalized spacial score (nSPS) is 11.9.